The molecular weight excluding hydrogens is 148 g/mol. The van der Waals surface area contributed by atoms with Gasteiger partial charge >= 0.3 is 0 Å². The van der Waals surface area contributed by atoms with Gasteiger partial charge in [-0.05, 0) is 6.92 Å². The Hall–Kier alpha value is -0.920. The Morgan fingerprint density at radius 1 is 1.17 bits per heavy atom. The van der Waals surface area contributed by atoms with Gasteiger partial charge in [0.2, 0.25) is 0 Å². The summed E-state index contributed by atoms with van der Waals surface area (Å²) in [4.78, 5) is 3.95. The maximum atomic E-state index is 3.95. The van der Waals surface area contributed by atoms with Crippen molar-refractivity contribution in [2.24, 2.45) is 7.05 Å². The van der Waals surface area contributed by atoms with Crippen LogP contribution in [-0.4, -0.2) is 4.98 Å². The summed E-state index contributed by atoms with van der Waals surface area (Å²) in [6, 6.07) is 0. The molecule has 2 heteroatoms. The number of hydrogen-bond acceptors (Lipinski definition) is 1. The Morgan fingerprint density at radius 2 is 1.67 bits per heavy atom. The van der Waals surface area contributed by atoms with Crippen molar-refractivity contribution in [1.82, 2.24) is 4.98 Å². The Bertz CT molecular complexity index is 168. The fourth-order valence-corrected chi connectivity index (χ4v) is 0.644. The van der Waals surface area contributed by atoms with Crippen molar-refractivity contribution in [3.05, 3.63) is 24.3 Å². The summed E-state index contributed by atoms with van der Waals surface area (Å²) in [5, 5.41) is 0. The van der Waals surface area contributed by atoms with E-state index in [9.17, 15) is 0 Å². The Morgan fingerprint density at radius 3 is 1.92 bits per heavy atom. The van der Waals surface area contributed by atoms with Crippen LogP contribution in [0.2, 0.25) is 0 Å². The molecule has 0 saturated carbocycles. The number of aromatic nitrogens is 2. The van der Waals surface area contributed by atoms with E-state index in [2.05, 4.69) is 4.98 Å². The topological polar surface area (TPSA) is 16.8 Å². The van der Waals surface area contributed by atoms with Gasteiger partial charge in [-0.3, -0.25) is 0 Å². The van der Waals surface area contributed by atoms with Crippen molar-refractivity contribution >= 4 is 0 Å². The summed E-state index contributed by atoms with van der Waals surface area (Å²) in [6.45, 7) is 10.0. The first-order valence-corrected chi connectivity index (χ1v) is 4.56. The Labute approximate surface area is 76.3 Å². The normalized spacial score (nSPS) is 7.17. The van der Waals surface area contributed by atoms with Crippen LogP contribution in [0.3, 0.4) is 0 Å². The van der Waals surface area contributed by atoms with Gasteiger partial charge in [-0.2, -0.15) is 0 Å². The molecule has 0 aliphatic heterocycles. The molecule has 2 nitrogen and oxygen atoms in total. The van der Waals surface area contributed by atoms with E-state index in [1.165, 1.54) is 5.56 Å². The molecule has 1 heterocycles. The van der Waals surface area contributed by atoms with E-state index in [0.29, 0.717) is 0 Å². The lowest BCUT2D eigenvalue weighted by Gasteiger charge is -1.84. The first kappa shape index (κ1) is 13.7. The maximum Gasteiger partial charge on any atom is 0.285 e. The summed E-state index contributed by atoms with van der Waals surface area (Å²) in [6.07, 6.45) is 5.62. The molecule has 0 N–H and O–H groups in total. The van der Waals surface area contributed by atoms with Gasteiger partial charge in [-0.25, -0.2) is 4.57 Å². The molecule has 0 aliphatic rings. The second-order valence-corrected chi connectivity index (χ2v) is 1.93. The highest BCUT2D eigenvalue weighted by Crippen LogP contribution is 1.82. The van der Waals surface area contributed by atoms with Crippen LogP contribution in [0.1, 0.15) is 33.3 Å². The number of nitrogens with zero attached hydrogens (tertiary/aromatic N) is 2. The van der Waals surface area contributed by atoms with Gasteiger partial charge in [0.25, 0.3) is 6.33 Å². The van der Waals surface area contributed by atoms with Crippen LogP contribution in [0.5, 0.6) is 0 Å². The molecule has 0 atom stereocenters. The summed E-state index contributed by atoms with van der Waals surface area (Å²) in [5.41, 5.74) is 1.19. The molecule has 0 fully saturated rings. The zero-order valence-electron chi connectivity index (χ0n) is 9.13. The lowest BCUT2D eigenvalue weighted by molar-refractivity contribution is -0.674. The van der Waals surface area contributed by atoms with Crippen LogP contribution in [0.25, 0.3) is 0 Å². The van der Waals surface area contributed by atoms with Crippen molar-refractivity contribution in [1.29, 1.82) is 0 Å². The molecule has 1 aromatic heterocycles. The van der Waals surface area contributed by atoms with E-state index in [1.807, 2.05) is 58.6 Å². The lowest BCUT2D eigenvalue weighted by atomic mass is 10.4. The second-order valence-electron chi connectivity index (χ2n) is 1.93. The van der Waals surface area contributed by atoms with Crippen LogP contribution < -0.4 is 4.57 Å². The number of hydrogen-bond donors (Lipinski definition) is 0. The minimum absolute atomic E-state index is 1.19. The molecule has 1 aromatic rings. The number of rotatable bonds is 0. The minimum Gasteiger partial charge on any atom is -0.240 e. The molecule has 0 aromatic carbocycles. The molecule has 70 valence electrons. The van der Waals surface area contributed by atoms with Crippen LogP contribution in [0.4, 0.5) is 0 Å². The van der Waals surface area contributed by atoms with Gasteiger partial charge in [0.1, 0.15) is 6.20 Å². The van der Waals surface area contributed by atoms with Crippen LogP contribution >= 0.6 is 0 Å². The molecule has 0 unspecified atom stereocenters. The average molecular weight is 169 g/mol. The van der Waals surface area contributed by atoms with Crippen molar-refractivity contribution < 1.29 is 4.57 Å². The smallest absolute Gasteiger partial charge is 0.240 e. The molecule has 12 heavy (non-hydrogen) atoms. The van der Waals surface area contributed by atoms with E-state index in [4.69, 9.17) is 0 Å². The third kappa shape index (κ3) is 7.19. The van der Waals surface area contributed by atoms with Gasteiger partial charge < -0.3 is 0 Å². The highest BCUT2D eigenvalue weighted by Gasteiger charge is 1.88. The third-order valence-electron chi connectivity index (χ3n) is 0.934. The molecule has 0 amide bonds. The SMILES string of the molecule is CC.CC.Cc1cnc[n+](C)c1. The summed E-state index contributed by atoms with van der Waals surface area (Å²) in [7, 11) is 1.96. The predicted molar refractivity (Wildman–Crippen MR) is 52.8 cm³/mol. The van der Waals surface area contributed by atoms with Crippen molar-refractivity contribution in [3.63, 3.8) is 0 Å². The van der Waals surface area contributed by atoms with E-state index >= 15 is 0 Å². The van der Waals surface area contributed by atoms with Crippen LogP contribution in [0, 0.1) is 6.92 Å². The first-order chi connectivity index (χ1) is 5.79. The monoisotopic (exact) mass is 169 g/mol. The Kier molecular flexibility index (Phi) is 11.5. The largest absolute Gasteiger partial charge is 0.285 e. The van der Waals surface area contributed by atoms with E-state index < -0.39 is 0 Å². The third-order valence-corrected chi connectivity index (χ3v) is 0.934. The summed E-state index contributed by atoms with van der Waals surface area (Å²) in [5.74, 6) is 0. The van der Waals surface area contributed by atoms with Gasteiger partial charge in [0.15, 0.2) is 0 Å². The molecule has 0 spiro atoms. The summed E-state index contributed by atoms with van der Waals surface area (Å²) < 4.78 is 1.93. The van der Waals surface area contributed by atoms with Gasteiger partial charge in [0.05, 0.1) is 13.2 Å². The zero-order chi connectivity index (χ0) is 9.98. The van der Waals surface area contributed by atoms with Gasteiger partial charge in [0, 0.05) is 5.56 Å². The first-order valence-electron chi connectivity index (χ1n) is 4.56. The average Bonchev–Trinajstić information content (AvgIpc) is 2.11. The minimum atomic E-state index is 1.19. The van der Waals surface area contributed by atoms with E-state index in [1.54, 1.807) is 6.33 Å². The van der Waals surface area contributed by atoms with Crippen molar-refractivity contribution in [3.8, 4) is 0 Å². The second kappa shape index (κ2) is 10.1. The molecule has 0 saturated heterocycles. The zero-order valence-corrected chi connectivity index (χ0v) is 9.13. The molecule has 0 radical (unpaired) electrons. The van der Waals surface area contributed by atoms with E-state index in [0.717, 1.165) is 0 Å². The standard InChI is InChI=1S/C6H9N2.2C2H6/c1-6-3-7-5-8(2)4-6;2*1-2/h3-5H,1-2H3;2*1-2H3/q+1;;. The molecule has 0 bridgehead atoms. The Balaban J connectivity index is 0. The van der Waals surface area contributed by atoms with Gasteiger partial charge in [-0.15, -0.1) is 0 Å². The fraction of sp³-hybridized carbons (Fsp3) is 0.600. The summed E-state index contributed by atoms with van der Waals surface area (Å²) >= 11 is 0. The highest BCUT2D eigenvalue weighted by atomic mass is 15.0. The van der Waals surface area contributed by atoms with Crippen LogP contribution in [-0.2, 0) is 7.05 Å². The van der Waals surface area contributed by atoms with Crippen molar-refractivity contribution in [2.75, 3.05) is 0 Å². The van der Waals surface area contributed by atoms with Crippen molar-refractivity contribution in [2.45, 2.75) is 34.6 Å². The maximum absolute atomic E-state index is 3.95. The van der Waals surface area contributed by atoms with E-state index in [-0.39, 0.29) is 0 Å². The fourth-order valence-electron chi connectivity index (χ4n) is 0.644. The van der Waals surface area contributed by atoms with Crippen LogP contribution in [0.15, 0.2) is 18.7 Å². The predicted octanol–water partition coefficient (Wildman–Crippen LogP) is 2.27. The van der Waals surface area contributed by atoms with Gasteiger partial charge in [-0.1, -0.05) is 32.7 Å². The highest BCUT2D eigenvalue weighted by molar-refractivity contribution is 4.93. The molecular formula is C10H21N2+. The molecule has 1 rings (SSSR count). The number of aryl methyl sites for hydroxylation is 2. The molecule has 0 aliphatic carbocycles. The quantitative estimate of drug-likeness (QED) is 0.544. The lowest BCUT2D eigenvalue weighted by Crippen LogP contribution is -2.27.